The van der Waals surface area contributed by atoms with E-state index in [0.29, 0.717) is 16.6 Å². The standard InChI is InChI=1S/C13H20ClN3O2S/c1-20(18,19)12-4-2-6-15-13(12)17-8-3-7-16(9-5-14)10-11-17/h2,4,6H,3,5,7-11H2,1H3. The lowest BCUT2D eigenvalue weighted by molar-refractivity contribution is 0.311. The van der Waals surface area contributed by atoms with E-state index < -0.39 is 9.84 Å². The number of aromatic nitrogens is 1. The first-order chi connectivity index (χ1) is 9.52. The first-order valence-corrected chi connectivity index (χ1v) is 9.13. The van der Waals surface area contributed by atoms with Crippen LogP contribution in [0.15, 0.2) is 23.2 Å². The zero-order valence-electron chi connectivity index (χ0n) is 11.6. The Labute approximate surface area is 125 Å². The number of alkyl halides is 1. The van der Waals surface area contributed by atoms with Gasteiger partial charge in [0, 0.05) is 44.5 Å². The number of sulfone groups is 1. The van der Waals surface area contributed by atoms with Crippen molar-refractivity contribution in [3.05, 3.63) is 18.3 Å². The minimum absolute atomic E-state index is 0.311. The van der Waals surface area contributed by atoms with Gasteiger partial charge in [0.1, 0.15) is 10.7 Å². The normalized spacial score (nSPS) is 18.0. The Morgan fingerprint density at radius 2 is 2.10 bits per heavy atom. The van der Waals surface area contributed by atoms with E-state index >= 15 is 0 Å². The zero-order chi connectivity index (χ0) is 14.6. The van der Waals surface area contributed by atoms with E-state index in [9.17, 15) is 8.42 Å². The highest BCUT2D eigenvalue weighted by Gasteiger charge is 2.21. The second-order valence-corrected chi connectivity index (χ2v) is 7.33. The van der Waals surface area contributed by atoms with Gasteiger partial charge >= 0.3 is 0 Å². The van der Waals surface area contributed by atoms with Crippen molar-refractivity contribution in [1.82, 2.24) is 9.88 Å². The molecule has 0 unspecified atom stereocenters. The molecule has 0 spiro atoms. The van der Waals surface area contributed by atoms with E-state index in [4.69, 9.17) is 11.6 Å². The molecule has 1 aliphatic heterocycles. The fraction of sp³-hybridized carbons (Fsp3) is 0.615. The van der Waals surface area contributed by atoms with Crippen molar-refractivity contribution in [2.45, 2.75) is 11.3 Å². The summed E-state index contributed by atoms with van der Waals surface area (Å²) < 4.78 is 23.7. The lowest BCUT2D eigenvalue weighted by Gasteiger charge is -2.24. The summed E-state index contributed by atoms with van der Waals surface area (Å²) in [5.41, 5.74) is 0. The maximum atomic E-state index is 11.9. The molecular weight excluding hydrogens is 298 g/mol. The zero-order valence-corrected chi connectivity index (χ0v) is 13.2. The van der Waals surface area contributed by atoms with Crippen LogP contribution in [-0.4, -0.2) is 63.2 Å². The quantitative estimate of drug-likeness (QED) is 0.782. The molecule has 0 saturated carbocycles. The molecule has 7 heteroatoms. The van der Waals surface area contributed by atoms with Gasteiger partial charge in [0.2, 0.25) is 0 Å². The summed E-state index contributed by atoms with van der Waals surface area (Å²) in [5, 5.41) is 0. The maximum Gasteiger partial charge on any atom is 0.179 e. The maximum absolute atomic E-state index is 11.9. The Hall–Kier alpha value is -0.850. The highest BCUT2D eigenvalue weighted by Crippen LogP contribution is 2.23. The lowest BCUT2D eigenvalue weighted by Crippen LogP contribution is -2.32. The molecule has 112 valence electrons. The van der Waals surface area contributed by atoms with E-state index in [1.807, 2.05) is 0 Å². The third kappa shape index (κ3) is 3.84. The molecule has 1 aromatic rings. The number of hydrogen-bond donors (Lipinski definition) is 0. The van der Waals surface area contributed by atoms with Gasteiger partial charge in [-0.2, -0.15) is 0 Å². The van der Waals surface area contributed by atoms with Gasteiger partial charge < -0.3 is 9.80 Å². The van der Waals surface area contributed by atoms with Gasteiger partial charge in [-0.3, -0.25) is 0 Å². The fourth-order valence-electron chi connectivity index (χ4n) is 2.43. The van der Waals surface area contributed by atoms with Gasteiger partial charge in [0.15, 0.2) is 9.84 Å². The van der Waals surface area contributed by atoms with Crippen LogP contribution < -0.4 is 4.90 Å². The Balaban J connectivity index is 2.20. The third-order valence-corrected chi connectivity index (χ3v) is 4.73. The molecule has 0 aromatic carbocycles. The summed E-state index contributed by atoms with van der Waals surface area (Å²) in [6, 6.07) is 3.29. The van der Waals surface area contributed by atoms with Crippen molar-refractivity contribution in [1.29, 1.82) is 0 Å². The number of halogens is 1. The molecule has 0 atom stereocenters. The summed E-state index contributed by atoms with van der Waals surface area (Å²) in [7, 11) is -3.26. The first-order valence-electron chi connectivity index (χ1n) is 6.70. The molecule has 2 heterocycles. The Morgan fingerprint density at radius 3 is 2.80 bits per heavy atom. The van der Waals surface area contributed by atoms with Gasteiger partial charge in [0.05, 0.1) is 0 Å². The third-order valence-electron chi connectivity index (χ3n) is 3.44. The fourth-order valence-corrected chi connectivity index (χ4v) is 3.51. The number of pyridine rings is 1. The molecule has 0 amide bonds. The van der Waals surface area contributed by atoms with Gasteiger partial charge in [-0.1, -0.05) is 0 Å². The highest BCUT2D eigenvalue weighted by atomic mass is 35.5. The Morgan fingerprint density at radius 1 is 1.30 bits per heavy atom. The van der Waals surface area contributed by atoms with Crippen molar-refractivity contribution in [2.75, 3.05) is 49.8 Å². The molecule has 20 heavy (non-hydrogen) atoms. The van der Waals surface area contributed by atoms with Crippen molar-refractivity contribution >= 4 is 27.3 Å². The molecule has 1 aliphatic rings. The highest BCUT2D eigenvalue weighted by molar-refractivity contribution is 7.90. The Kier molecular flexibility index (Phi) is 5.23. The van der Waals surface area contributed by atoms with Gasteiger partial charge in [0.25, 0.3) is 0 Å². The Bertz CT molecular complexity index is 550. The molecule has 0 aliphatic carbocycles. The molecule has 0 radical (unpaired) electrons. The largest absolute Gasteiger partial charge is 0.354 e. The van der Waals surface area contributed by atoms with Crippen LogP contribution in [0.3, 0.4) is 0 Å². The van der Waals surface area contributed by atoms with Gasteiger partial charge in [-0.15, -0.1) is 11.6 Å². The summed E-state index contributed by atoms with van der Waals surface area (Å²) in [4.78, 5) is 8.96. The van der Waals surface area contributed by atoms with Crippen LogP contribution in [-0.2, 0) is 9.84 Å². The molecule has 5 nitrogen and oxygen atoms in total. The summed E-state index contributed by atoms with van der Waals surface area (Å²) in [6.07, 6.45) is 3.85. The lowest BCUT2D eigenvalue weighted by atomic mass is 10.3. The van der Waals surface area contributed by atoms with Crippen LogP contribution >= 0.6 is 11.6 Å². The smallest absolute Gasteiger partial charge is 0.179 e. The summed E-state index contributed by atoms with van der Waals surface area (Å²) in [6.45, 7) is 4.34. The molecule has 0 N–H and O–H groups in total. The molecule has 1 fully saturated rings. The van der Waals surface area contributed by atoms with Crippen molar-refractivity contribution in [3.8, 4) is 0 Å². The number of hydrogen-bond acceptors (Lipinski definition) is 5. The van der Waals surface area contributed by atoms with E-state index in [1.54, 1.807) is 18.3 Å². The van der Waals surface area contributed by atoms with Crippen LogP contribution in [0.25, 0.3) is 0 Å². The number of anilines is 1. The summed E-state index contributed by atoms with van der Waals surface area (Å²) >= 11 is 5.78. The average molecular weight is 318 g/mol. The van der Waals surface area contributed by atoms with Crippen LogP contribution in [0, 0.1) is 0 Å². The van der Waals surface area contributed by atoms with Gasteiger partial charge in [-0.25, -0.2) is 13.4 Å². The van der Waals surface area contributed by atoms with E-state index in [0.717, 1.165) is 39.1 Å². The second kappa shape index (κ2) is 6.74. The van der Waals surface area contributed by atoms with E-state index in [-0.39, 0.29) is 0 Å². The molecule has 1 aromatic heterocycles. The molecule has 1 saturated heterocycles. The van der Waals surface area contributed by atoms with Gasteiger partial charge in [-0.05, 0) is 25.1 Å². The van der Waals surface area contributed by atoms with Crippen LogP contribution in [0.1, 0.15) is 6.42 Å². The van der Waals surface area contributed by atoms with E-state index in [2.05, 4.69) is 14.8 Å². The van der Waals surface area contributed by atoms with Crippen LogP contribution in [0.4, 0.5) is 5.82 Å². The molecule has 2 rings (SSSR count). The van der Waals surface area contributed by atoms with Crippen molar-refractivity contribution in [3.63, 3.8) is 0 Å². The minimum atomic E-state index is -3.26. The SMILES string of the molecule is CS(=O)(=O)c1cccnc1N1CCCN(CCCl)CC1. The topological polar surface area (TPSA) is 53.5 Å². The monoisotopic (exact) mass is 317 g/mol. The van der Waals surface area contributed by atoms with Crippen LogP contribution in [0.2, 0.25) is 0 Å². The van der Waals surface area contributed by atoms with Crippen molar-refractivity contribution in [2.24, 2.45) is 0 Å². The number of nitrogens with zero attached hydrogens (tertiary/aromatic N) is 3. The first kappa shape index (κ1) is 15.5. The molecule has 0 bridgehead atoms. The minimum Gasteiger partial charge on any atom is -0.354 e. The van der Waals surface area contributed by atoms with E-state index in [1.165, 1.54) is 6.26 Å². The second-order valence-electron chi connectivity index (χ2n) is 4.97. The average Bonchev–Trinajstić information content (AvgIpc) is 2.64. The predicted molar refractivity (Wildman–Crippen MR) is 81.3 cm³/mol. The van der Waals surface area contributed by atoms with Crippen LogP contribution in [0.5, 0.6) is 0 Å². The van der Waals surface area contributed by atoms with Crippen molar-refractivity contribution < 1.29 is 8.42 Å². The summed E-state index contributed by atoms with van der Waals surface area (Å²) in [5.74, 6) is 1.20. The number of rotatable bonds is 4. The predicted octanol–water partition coefficient (Wildman–Crippen LogP) is 1.24. The molecular formula is C13H20ClN3O2S.